The predicted molar refractivity (Wildman–Crippen MR) is 110 cm³/mol. The average Bonchev–Trinajstić information content (AvgIpc) is 2.66. The van der Waals surface area contributed by atoms with Gasteiger partial charge in [0.25, 0.3) is 11.5 Å². The fraction of sp³-hybridized carbons (Fsp3) is 0.368. The zero-order valence-electron chi connectivity index (χ0n) is 16.7. The Morgan fingerprint density at radius 1 is 1.20 bits per heavy atom. The van der Waals surface area contributed by atoms with Gasteiger partial charge in [0.15, 0.2) is 17.3 Å². The number of hydrogen-bond donors (Lipinski definition) is 5. The highest BCUT2D eigenvalue weighted by molar-refractivity contribution is 5.98. The van der Waals surface area contributed by atoms with Gasteiger partial charge in [-0.3, -0.25) is 19.4 Å². The molecule has 30 heavy (non-hydrogen) atoms. The molecule has 11 nitrogen and oxygen atoms in total. The van der Waals surface area contributed by atoms with Crippen molar-refractivity contribution in [1.82, 2.24) is 9.97 Å². The van der Waals surface area contributed by atoms with Crippen LogP contribution in [0.2, 0.25) is 0 Å². The molecule has 1 aromatic carbocycles. The van der Waals surface area contributed by atoms with E-state index in [0.29, 0.717) is 36.8 Å². The van der Waals surface area contributed by atoms with E-state index in [4.69, 9.17) is 20.9 Å². The lowest BCUT2D eigenvalue weighted by atomic mass is 10.0. The predicted octanol–water partition coefficient (Wildman–Crippen LogP) is 0.696. The molecule has 1 atom stereocenters. The molecule has 2 heterocycles. The van der Waals surface area contributed by atoms with Crippen LogP contribution in [0.25, 0.3) is 0 Å². The summed E-state index contributed by atoms with van der Waals surface area (Å²) in [7, 11) is 0. The zero-order valence-corrected chi connectivity index (χ0v) is 16.7. The summed E-state index contributed by atoms with van der Waals surface area (Å²) in [6.45, 7) is 4.72. The van der Waals surface area contributed by atoms with Crippen LogP contribution in [-0.2, 0) is 4.79 Å². The van der Waals surface area contributed by atoms with E-state index in [0.717, 1.165) is 0 Å². The molecule has 2 aromatic rings. The first-order chi connectivity index (χ1) is 14.2. The maximum Gasteiger partial charge on any atom is 0.267 e. The van der Waals surface area contributed by atoms with E-state index < -0.39 is 23.4 Å². The van der Waals surface area contributed by atoms with Gasteiger partial charge in [0, 0.05) is 11.8 Å². The maximum absolute atomic E-state index is 12.5. The lowest BCUT2D eigenvalue weighted by Gasteiger charge is -2.20. The van der Waals surface area contributed by atoms with E-state index in [2.05, 4.69) is 20.6 Å². The molecule has 0 saturated heterocycles. The molecule has 0 aliphatic carbocycles. The summed E-state index contributed by atoms with van der Waals surface area (Å²) in [5.74, 6) is -0.368. The number of nitrogens with zero attached hydrogens (tertiary/aromatic N) is 1. The molecule has 7 N–H and O–H groups in total. The number of primary amides is 2. The monoisotopic (exact) mass is 416 g/mol. The van der Waals surface area contributed by atoms with Gasteiger partial charge in [-0.15, -0.1) is 0 Å². The van der Waals surface area contributed by atoms with Crippen LogP contribution in [0, 0.1) is 5.92 Å². The van der Waals surface area contributed by atoms with Crippen LogP contribution in [0.15, 0.2) is 23.0 Å². The van der Waals surface area contributed by atoms with Crippen molar-refractivity contribution in [3.05, 3.63) is 34.1 Å². The molecule has 1 aliphatic heterocycles. The number of fused-ring (bicyclic) bond motifs is 1. The third-order valence-corrected chi connectivity index (χ3v) is 4.33. The number of benzene rings is 1. The first-order valence-corrected chi connectivity index (χ1v) is 9.41. The molecular weight excluding hydrogens is 392 g/mol. The maximum atomic E-state index is 12.5. The zero-order chi connectivity index (χ0) is 21.8. The summed E-state index contributed by atoms with van der Waals surface area (Å²) in [6, 6.07) is 4.27. The van der Waals surface area contributed by atoms with Gasteiger partial charge in [-0.2, -0.15) is 4.98 Å². The Labute approximate surface area is 172 Å². The van der Waals surface area contributed by atoms with E-state index in [1.165, 1.54) is 0 Å². The number of H-pyrrole nitrogens is 1. The molecule has 1 unspecified atom stereocenters. The van der Waals surface area contributed by atoms with Crippen LogP contribution in [0.5, 0.6) is 11.5 Å². The van der Waals surface area contributed by atoms with Crippen molar-refractivity contribution in [3.63, 3.8) is 0 Å². The Morgan fingerprint density at radius 2 is 1.90 bits per heavy atom. The highest BCUT2D eigenvalue weighted by atomic mass is 16.6. The average molecular weight is 416 g/mol. The molecular formula is C19H24N6O5. The van der Waals surface area contributed by atoms with Crippen LogP contribution >= 0.6 is 0 Å². The standard InChI is InChI=1S/C19H24N6O5/c1-9(2)7-11(15(20)26)23-19-24-17(14(16(21)27)18(28)25-19)22-10-3-4-12-13(8-10)30-6-5-29-12/h3-4,8-9,11H,5-7H2,1-2H3,(H2,20,26)(H2,21,27)(H3,22,23,24,25,28). The lowest BCUT2D eigenvalue weighted by Crippen LogP contribution is -2.38. The van der Waals surface area contributed by atoms with Gasteiger partial charge in [0.2, 0.25) is 11.9 Å². The number of nitrogens with two attached hydrogens (primary N) is 2. The SMILES string of the molecule is CC(C)CC(Nc1nc(Nc2ccc3c(c2)OCCO3)c(C(N)=O)c(=O)[nH]1)C(N)=O. The molecule has 0 bridgehead atoms. The number of ether oxygens (including phenoxy) is 2. The van der Waals surface area contributed by atoms with Gasteiger partial charge in [0.05, 0.1) is 0 Å². The fourth-order valence-corrected chi connectivity index (χ4v) is 3.00. The van der Waals surface area contributed by atoms with Crippen LogP contribution in [0.3, 0.4) is 0 Å². The van der Waals surface area contributed by atoms with Crippen molar-refractivity contribution in [3.8, 4) is 11.5 Å². The number of anilines is 3. The lowest BCUT2D eigenvalue weighted by molar-refractivity contribution is -0.119. The van der Waals surface area contributed by atoms with E-state index in [1.54, 1.807) is 18.2 Å². The van der Waals surface area contributed by atoms with Gasteiger partial charge < -0.3 is 31.6 Å². The third kappa shape index (κ3) is 4.80. The second-order valence-electron chi connectivity index (χ2n) is 7.21. The highest BCUT2D eigenvalue weighted by Gasteiger charge is 2.22. The number of hydrogen-bond acceptors (Lipinski definition) is 8. The van der Waals surface area contributed by atoms with Crippen LogP contribution < -0.4 is 37.1 Å². The number of rotatable bonds is 8. The van der Waals surface area contributed by atoms with Crippen molar-refractivity contribution >= 4 is 29.3 Å². The second kappa shape index (κ2) is 8.72. The van der Waals surface area contributed by atoms with Gasteiger partial charge in [-0.1, -0.05) is 13.8 Å². The van der Waals surface area contributed by atoms with Gasteiger partial charge in [0.1, 0.15) is 24.8 Å². The number of carbonyl (C=O) groups excluding carboxylic acids is 2. The molecule has 11 heteroatoms. The van der Waals surface area contributed by atoms with Crippen molar-refractivity contribution in [1.29, 1.82) is 0 Å². The molecule has 1 aliphatic rings. The largest absolute Gasteiger partial charge is 0.486 e. The quantitative estimate of drug-likeness (QED) is 0.418. The summed E-state index contributed by atoms with van der Waals surface area (Å²) in [5, 5.41) is 5.72. The van der Waals surface area contributed by atoms with Crippen molar-refractivity contribution in [2.24, 2.45) is 17.4 Å². The first-order valence-electron chi connectivity index (χ1n) is 9.41. The topological polar surface area (TPSA) is 174 Å². The molecule has 0 radical (unpaired) electrons. The Balaban J connectivity index is 1.95. The normalized spacial score (nSPS) is 13.6. The number of carbonyl (C=O) groups is 2. The number of nitrogens with one attached hydrogen (secondary N) is 3. The summed E-state index contributed by atoms with van der Waals surface area (Å²) in [5.41, 5.74) is 10.2. The molecule has 160 valence electrons. The summed E-state index contributed by atoms with van der Waals surface area (Å²) < 4.78 is 11.0. The van der Waals surface area contributed by atoms with Crippen molar-refractivity contribution in [2.45, 2.75) is 26.3 Å². The molecule has 0 fully saturated rings. The van der Waals surface area contributed by atoms with E-state index in [9.17, 15) is 14.4 Å². The fourth-order valence-electron chi connectivity index (χ4n) is 3.00. The van der Waals surface area contributed by atoms with E-state index in [-0.39, 0.29) is 23.2 Å². The number of aromatic nitrogens is 2. The van der Waals surface area contributed by atoms with Crippen molar-refractivity contribution < 1.29 is 19.1 Å². The minimum atomic E-state index is -0.955. The van der Waals surface area contributed by atoms with Crippen LogP contribution in [-0.4, -0.2) is 41.0 Å². The number of aromatic amines is 1. The Kier molecular flexibility index (Phi) is 6.09. The Hall–Kier alpha value is -3.76. The van der Waals surface area contributed by atoms with Crippen LogP contribution in [0.4, 0.5) is 17.5 Å². The minimum Gasteiger partial charge on any atom is -0.486 e. The van der Waals surface area contributed by atoms with Gasteiger partial charge in [-0.05, 0) is 24.5 Å². The molecule has 1 aromatic heterocycles. The van der Waals surface area contributed by atoms with Crippen LogP contribution in [0.1, 0.15) is 30.6 Å². The molecule has 2 amide bonds. The highest BCUT2D eigenvalue weighted by Crippen LogP contribution is 2.33. The smallest absolute Gasteiger partial charge is 0.267 e. The summed E-state index contributed by atoms with van der Waals surface area (Å²) in [4.78, 5) is 42.7. The molecule has 3 rings (SSSR count). The molecule has 0 spiro atoms. The summed E-state index contributed by atoms with van der Waals surface area (Å²) in [6.07, 6.45) is 0.432. The third-order valence-electron chi connectivity index (χ3n) is 4.33. The van der Waals surface area contributed by atoms with E-state index >= 15 is 0 Å². The number of amides is 2. The Morgan fingerprint density at radius 3 is 2.53 bits per heavy atom. The first kappa shape index (κ1) is 21.0. The van der Waals surface area contributed by atoms with Gasteiger partial charge in [-0.25, -0.2) is 0 Å². The van der Waals surface area contributed by atoms with E-state index in [1.807, 2.05) is 13.8 Å². The minimum absolute atomic E-state index is 0.0190. The Bertz CT molecular complexity index is 1020. The second-order valence-corrected chi connectivity index (χ2v) is 7.21. The summed E-state index contributed by atoms with van der Waals surface area (Å²) >= 11 is 0. The van der Waals surface area contributed by atoms with Crippen molar-refractivity contribution in [2.75, 3.05) is 23.8 Å². The van der Waals surface area contributed by atoms with Gasteiger partial charge >= 0.3 is 0 Å². The molecule has 0 saturated carbocycles.